The summed E-state index contributed by atoms with van der Waals surface area (Å²) in [5.41, 5.74) is 2.37. The lowest BCUT2D eigenvalue weighted by Crippen LogP contribution is -2.36. The van der Waals surface area contributed by atoms with E-state index < -0.39 is 11.9 Å². The number of rotatable bonds is 8. The number of esters is 2. The highest BCUT2D eigenvalue weighted by Gasteiger charge is 2.33. The fourth-order valence-corrected chi connectivity index (χ4v) is 3.38. The summed E-state index contributed by atoms with van der Waals surface area (Å²) in [4.78, 5) is 41.7. The van der Waals surface area contributed by atoms with Gasteiger partial charge in [0.15, 0.2) is 6.61 Å². The Morgan fingerprint density at radius 1 is 1.07 bits per heavy atom. The summed E-state index contributed by atoms with van der Waals surface area (Å²) in [6.07, 6.45) is 1.88. The van der Waals surface area contributed by atoms with Crippen LogP contribution in [0, 0.1) is 13.8 Å². The zero-order chi connectivity index (χ0) is 21.8. The minimum atomic E-state index is -0.681. The van der Waals surface area contributed by atoms with Crippen molar-refractivity contribution in [2.24, 2.45) is 0 Å². The lowest BCUT2D eigenvalue weighted by Gasteiger charge is -2.22. The molecule has 0 aliphatic heterocycles. The molecule has 160 valence electrons. The number of aromatic nitrogens is 1. The van der Waals surface area contributed by atoms with E-state index in [4.69, 9.17) is 14.2 Å². The first kappa shape index (κ1) is 21.4. The number of benzene rings is 1. The summed E-state index contributed by atoms with van der Waals surface area (Å²) >= 11 is 0. The Hall–Kier alpha value is -3.29. The maximum Gasteiger partial charge on any atom is 0.355 e. The van der Waals surface area contributed by atoms with Gasteiger partial charge in [0.2, 0.25) is 0 Å². The first-order valence-electron chi connectivity index (χ1n) is 9.72. The van der Waals surface area contributed by atoms with Crippen molar-refractivity contribution in [3.63, 3.8) is 0 Å². The minimum absolute atomic E-state index is 0.147. The molecule has 1 saturated carbocycles. The maximum absolute atomic E-state index is 12.7. The van der Waals surface area contributed by atoms with E-state index >= 15 is 0 Å². The molecule has 0 atom stereocenters. The van der Waals surface area contributed by atoms with Crippen molar-refractivity contribution in [1.29, 1.82) is 0 Å². The molecule has 1 aliphatic rings. The average molecular weight is 414 g/mol. The molecule has 3 rings (SSSR count). The van der Waals surface area contributed by atoms with Crippen LogP contribution >= 0.6 is 0 Å². The van der Waals surface area contributed by atoms with Crippen molar-refractivity contribution in [3.05, 3.63) is 52.3 Å². The molecule has 1 heterocycles. The molecule has 1 fully saturated rings. The molecular weight excluding hydrogens is 388 g/mol. The van der Waals surface area contributed by atoms with Gasteiger partial charge >= 0.3 is 11.9 Å². The summed E-state index contributed by atoms with van der Waals surface area (Å²) in [7, 11) is 2.88. The number of hydrogen-bond donors (Lipinski definition) is 1. The quantitative estimate of drug-likeness (QED) is 0.667. The molecule has 30 heavy (non-hydrogen) atoms. The largest absolute Gasteiger partial charge is 0.497 e. The van der Waals surface area contributed by atoms with E-state index in [1.54, 1.807) is 25.9 Å². The molecule has 0 radical (unpaired) electrons. The van der Waals surface area contributed by atoms with E-state index in [1.807, 2.05) is 24.3 Å². The van der Waals surface area contributed by atoms with Crippen molar-refractivity contribution in [2.45, 2.75) is 39.3 Å². The molecule has 0 bridgehead atoms. The van der Waals surface area contributed by atoms with E-state index in [2.05, 4.69) is 4.98 Å². The zero-order valence-electron chi connectivity index (χ0n) is 17.6. The number of amides is 1. The third kappa shape index (κ3) is 4.64. The van der Waals surface area contributed by atoms with Gasteiger partial charge in [-0.25, -0.2) is 9.59 Å². The molecule has 2 aromatic rings. The van der Waals surface area contributed by atoms with E-state index in [-0.39, 0.29) is 24.2 Å². The van der Waals surface area contributed by atoms with E-state index in [0.29, 0.717) is 23.4 Å². The molecule has 0 unspecified atom stereocenters. The molecule has 1 aliphatic carbocycles. The number of methoxy groups -OCH3 is 2. The molecule has 0 saturated heterocycles. The molecule has 1 aromatic carbocycles. The standard InChI is InChI=1S/C22H26N2O6/c1-13-19(21(26)29-4)14(2)23-20(13)22(27)30-12-18(25)24(16-7-8-16)11-15-5-9-17(28-3)10-6-15/h5-6,9-10,16,23H,7-8,11-12H2,1-4H3. The first-order valence-corrected chi connectivity index (χ1v) is 9.72. The summed E-state index contributed by atoms with van der Waals surface area (Å²) in [5, 5.41) is 0. The third-order valence-corrected chi connectivity index (χ3v) is 5.18. The fourth-order valence-electron chi connectivity index (χ4n) is 3.38. The van der Waals surface area contributed by atoms with Gasteiger partial charge in [-0.3, -0.25) is 4.79 Å². The van der Waals surface area contributed by atoms with Gasteiger partial charge in [0.05, 0.1) is 19.8 Å². The van der Waals surface area contributed by atoms with Gasteiger partial charge in [0, 0.05) is 18.3 Å². The highest BCUT2D eigenvalue weighted by Crippen LogP contribution is 2.29. The number of ether oxygens (including phenoxy) is 3. The zero-order valence-corrected chi connectivity index (χ0v) is 17.6. The molecule has 1 amide bonds. The SMILES string of the molecule is COC(=O)c1c(C)[nH]c(C(=O)OCC(=O)N(Cc2ccc(OC)cc2)C2CC2)c1C. The predicted octanol–water partition coefficient (Wildman–Crippen LogP) is 2.77. The lowest BCUT2D eigenvalue weighted by atomic mass is 10.1. The Morgan fingerprint density at radius 2 is 1.73 bits per heavy atom. The van der Waals surface area contributed by atoms with Crippen LogP contribution in [-0.4, -0.2) is 54.6 Å². The normalized spacial score (nSPS) is 12.9. The molecule has 8 nitrogen and oxygen atoms in total. The topological polar surface area (TPSA) is 97.9 Å². The number of carbonyl (C=O) groups is 3. The third-order valence-electron chi connectivity index (χ3n) is 5.18. The number of nitrogens with zero attached hydrogens (tertiary/aromatic N) is 1. The summed E-state index contributed by atoms with van der Waals surface area (Å²) in [6, 6.07) is 7.68. The monoisotopic (exact) mass is 414 g/mol. The predicted molar refractivity (Wildman–Crippen MR) is 108 cm³/mol. The minimum Gasteiger partial charge on any atom is -0.497 e. The molecular formula is C22H26N2O6. The molecule has 0 spiro atoms. The van der Waals surface area contributed by atoms with Crippen molar-refractivity contribution in [3.8, 4) is 5.75 Å². The summed E-state index contributed by atoms with van der Waals surface area (Å²) < 4.78 is 15.2. The Labute approximate surface area is 175 Å². The number of nitrogens with one attached hydrogen (secondary N) is 1. The van der Waals surface area contributed by atoms with Gasteiger partial charge < -0.3 is 24.1 Å². The van der Waals surface area contributed by atoms with E-state index in [0.717, 1.165) is 24.2 Å². The van der Waals surface area contributed by atoms with E-state index in [9.17, 15) is 14.4 Å². The van der Waals surface area contributed by atoms with Crippen molar-refractivity contribution >= 4 is 17.8 Å². The molecule has 1 aromatic heterocycles. The fraction of sp³-hybridized carbons (Fsp3) is 0.409. The molecule has 1 N–H and O–H groups in total. The van der Waals surface area contributed by atoms with Crippen LogP contribution < -0.4 is 4.74 Å². The molecule has 8 heteroatoms. The Bertz CT molecular complexity index is 943. The van der Waals surface area contributed by atoms with Gasteiger partial charge in [-0.15, -0.1) is 0 Å². The van der Waals surface area contributed by atoms with Crippen LogP contribution in [0.15, 0.2) is 24.3 Å². The van der Waals surface area contributed by atoms with Gasteiger partial charge in [-0.2, -0.15) is 0 Å². The number of hydrogen-bond acceptors (Lipinski definition) is 6. The Balaban J connectivity index is 1.64. The lowest BCUT2D eigenvalue weighted by molar-refractivity contribution is -0.135. The Morgan fingerprint density at radius 3 is 2.30 bits per heavy atom. The van der Waals surface area contributed by atoms with Gasteiger partial charge in [0.1, 0.15) is 11.4 Å². The van der Waals surface area contributed by atoms with Crippen LogP contribution in [0.25, 0.3) is 0 Å². The number of aromatic amines is 1. The van der Waals surface area contributed by atoms with Gasteiger partial charge in [-0.1, -0.05) is 12.1 Å². The van der Waals surface area contributed by atoms with Crippen LogP contribution in [0.5, 0.6) is 5.75 Å². The van der Waals surface area contributed by atoms with Crippen LogP contribution in [-0.2, 0) is 20.8 Å². The van der Waals surface area contributed by atoms with Crippen LogP contribution in [0.4, 0.5) is 0 Å². The number of aryl methyl sites for hydroxylation is 1. The second kappa shape index (κ2) is 9.02. The van der Waals surface area contributed by atoms with Crippen molar-refractivity contribution in [1.82, 2.24) is 9.88 Å². The summed E-state index contributed by atoms with van der Waals surface area (Å²) in [5.74, 6) is -0.717. The van der Waals surface area contributed by atoms with Gasteiger partial charge in [0.25, 0.3) is 5.91 Å². The average Bonchev–Trinajstić information content (AvgIpc) is 3.54. The highest BCUT2D eigenvalue weighted by molar-refractivity contribution is 5.99. The highest BCUT2D eigenvalue weighted by atomic mass is 16.5. The number of carbonyl (C=O) groups excluding carboxylic acids is 3. The summed E-state index contributed by atoms with van der Waals surface area (Å²) in [6.45, 7) is 3.38. The van der Waals surface area contributed by atoms with Crippen LogP contribution in [0.1, 0.15) is 50.5 Å². The maximum atomic E-state index is 12.7. The number of H-pyrrole nitrogens is 1. The van der Waals surface area contributed by atoms with E-state index in [1.165, 1.54) is 7.11 Å². The first-order chi connectivity index (χ1) is 14.3. The second-order valence-electron chi connectivity index (χ2n) is 7.29. The van der Waals surface area contributed by atoms with Crippen molar-refractivity contribution < 1.29 is 28.6 Å². The van der Waals surface area contributed by atoms with Crippen LogP contribution in [0.3, 0.4) is 0 Å². The van der Waals surface area contributed by atoms with Gasteiger partial charge in [-0.05, 0) is 49.9 Å². The van der Waals surface area contributed by atoms with Crippen molar-refractivity contribution in [2.75, 3.05) is 20.8 Å². The smallest absolute Gasteiger partial charge is 0.355 e. The van der Waals surface area contributed by atoms with Crippen LogP contribution in [0.2, 0.25) is 0 Å². The second-order valence-corrected chi connectivity index (χ2v) is 7.29. The Kier molecular flexibility index (Phi) is 6.44.